The third kappa shape index (κ3) is 12.7. The van der Waals surface area contributed by atoms with Crippen LogP contribution in [0.1, 0.15) is 39.5 Å². The monoisotopic (exact) mass is 412 g/mol. The van der Waals surface area contributed by atoms with E-state index in [0.717, 1.165) is 12.8 Å². The Morgan fingerprint density at radius 1 is 1.31 bits per heavy atom. The van der Waals surface area contributed by atoms with Crippen molar-refractivity contribution in [2.45, 2.75) is 39.5 Å². The average molecular weight is 412 g/mol. The van der Waals surface area contributed by atoms with E-state index >= 15 is 0 Å². The highest BCUT2D eigenvalue weighted by molar-refractivity contribution is 14.0. The standard InChI is InChI=1S/C9H16O2.2HI/c1-3-4-5-6-7-8(2)9(10)11;;/h7H,3-6H2,1-2H3,(H,10,11);2*1H. The van der Waals surface area contributed by atoms with E-state index < -0.39 is 5.97 Å². The molecule has 0 aliphatic heterocycles. The summed E-state index contributed by atoms with van der Waals surface area (Å²) in [6.07, 6.45) is 6.15. The van der Waals surface area contributed by atoms with Gasteiger partial charge in [-0.15, -0.1) is 48.0 Å². The van der Waals surface area contributed by atoms with Crippen LogP contribution in [-0.4, -0.2) is 11.1 Å². The molecule has 0 aromatic heterocycles. The van der Waals surface area contributed by atoms with Crippen molar-refractivity contribution < 1.29 is 9.90 Å². The van der Waals surface area contributed by atoms with Crippen LogP contribution in [0, 0.1) is 0 Å². The molecule has 0 fully saturated rings. The Balaban J connectivity index is -0.000000500. The van der Waals surface area contributed by atoms with Crippen molar-refractivity contribution in [3.8, 4) is 0 Å². The molecule has 13 heavy (non-hydrogen) atoms. The first kappa shape index (κ1) is 19.3. The number of rotatable bonds is 5. The number of carboxylic acids is 1. The van der Waals surface area contributed by atoms with Crippen LogP contribution in [0.3, 0.4) is 0 Å². The summed E-state index contributed by atoms with van der Waals surface area (Å²) < 4.78 is 0. The summed E-state index contributed by atoms with van der Waals surface area (Å²) in [5.74, 6) is -0.804. The van der Waals surface area contributed by atoms with Crippen molar-refractivity contribution in [3.05, 3.63) is 11.6 Å². The van der Waals surface area contributed by atoms with E-state index in [0.29, 0.717) is 5.57 Å². The van der Waals surface area contributed by atoms with Gasteiger partial charge in [0, 0.05) is 5.57 Å². The van der Waals surface area contributed by atoms with Gasteiger partial charge in [-0.3, -0.25) is 0 Å². The van der Waals surface area contributed by atoms with Crippen LogP contribution in [-0.2, 0) is 4.79 Å². The molecule has 0 aliphatic carbocycles. The minimum atomic E-state index is -0.804. The van der Waals surface area contributed by atoms with Gasteiger partial charge in [0.25, 0.3) is 0 Å². The number of aliphatic carboxylic acids is 1. The quantitative estimate of drug-likeness (QED) is 0.424. The number of hydrogen-bond acceptors (Lipinski definition) is 1. The maximum atomic E-state index is 10.3. The van der Waals surface area contributed by atoms with Crippen LogP contribution in [0.25, 0.3) is 0 Å². The highest BCUT2D eigenvalue weighted by atomic mass is 127. The van der Waals surface area contributed by atoms with Crippen LogP contribution < -0.4 is 0 Å². The van der Waals surface area contributed by atoms with Crippen molar-refractivity contribution in [1.29, 1.82) is 0 Å². The van der Waals surface area contributed by atoms with E-state index in [1.807, 2.05) is 0 Å². The molecule has 2 nitrogen and oxygen atoms in total. The van der Waals surface area contributed by atoms with Crippen molar-refractivity contribution in [3.63, 3.8) is 0 Å². The fraction of sp³-hybridized carbons (Fsp3) is 0.667. The van der Waals surface area contributed by atoms with Crippen LogP contribution in [0.5, 0.6) is 0 Å². The predicted molar refractivity (Wildman–Crippen MR) is 76.4 cm³/mol. The molecule has 0 aliphatic rings. The summed E-state index contributed by atoms with van der Waals surface area (Å²) in [6, 6.07) is 0. The summed E-state index contributed by atoms with van der Waals surface area (Å²) >= 11 is 0. The maximum Gasteiger partial charge on any atom is 0.330 e. The van der Waals surface area contributed by atoms with Gasteiger partial charge >= 0.3 is 5.97 Å². The summed E-state index contributed by atoms with van der Waals surface area (Å²) in [4.78, 5) is 10.3. The number of hydrogen-bond donors (Lipinski definition) is 1. The van der Waals surface area contributed by atoms with E-state index in [-0.39, 0.29) is 48.0 Å². The van der Waals surface area contributed by atoms with E-state index in [9.17, 15) is 4.79 Å². The van der Waals surface area contributed by atoms with Gasteiger partial charge < -0.3 is 5.11 Å². The van der Waals surface area contributed by atoms with Crippen LogP contribution in [0.4, 0.5) is 0 Å². The molecule has 0 aromatic rings. The molecule has 0 bridgehead atoms. The molecule has 0 unspecified atom stereocenters. The predicted octanol–water partition coefficient (Wildman–Crippen LogP) is 3.83. The Labute approximate surface area is 114 Å². The molecule has 0 radical (unpaired) electrons. The number of allylic oxidation sites excluding steroid dienone is 1. The molecule has 4 heteroatoms. The van der Waals surface area contributed by atoms with Gasteiger partial charge in [0.1, 0.15) is 0 Å². The van der Waals surface area contributed by atoms with Gasteiger partial charge in [-0.2, -0.15) is 0 Å². The van der Waals surface area contributed by atoms with Crippen molar-refractivity contribution in [2.24, 2.45) is 0 Å². The van der Waals surface area contributed by atoms with Crippen molar-refractivity contribution in [1.82, 2.24) is 0 Å². The summed E-state index contributed by atoms with van der Waals surface area (Å²) in [7, 11) is 0. The van der Waals surface area contributed by atoms with Crippen LogP contribution >= 0.6 is 48.0 Å². The van der Waals surface area contributed by atoms with E-state index in [1.165, 1.54) is 12.8 Å². The molecule has 0 rings (SSSR count). The minimum absolute atomic E-state index is 0. The van der Waals surface area contributed by atoms with Crippen molar-refractivity contribution >= 4 is 53.9 Å². The molecule has 0 spiro atoms. The number of halogens is 2. The molecule has 0 amide bonds. The van der Waals surface area contributed by atoms with Gasteiger partial charge in [0.05, 0.1) is 0 Å². The molecule has 80 valence electrons. The zero-order valence-corrected chi connectivity index (χ0v) is 12.7. The van der Waals surface area contributed by atoms with Gasteiger partial charge in [-0.25, -0.2) is 4.79 Å². The third-order valence-electron chi connectivity index (χ3n) is 1.60. The fourth-order valence-electron chi connectivity index (χ4n) is 0.800. The smallest absolute Gasteiger partial charge is 0.330 e. The molecule has 1 N–H and O–H groups in total. The number of carboxylic acid groups (broad SMARTS) is 1. The lowest BCUT2D eigenvalue weighted by atomic mass is 10.1. The van der Waals surface area contributed by atoms with Crippen LogP contribution in [0.2, 0.25) is 0 Å². The zero-order chi connectivity index (χ0) is 8.69. The van der Waals surface area contributed by atoms with E-state index in [4.69, 9.17) is 5.11 Å². The summed E-state index contributed by atoms with van der Waals surface area (Å²) in [5, 5.41) is 8.47. The summed E-state index contributed by atoms with van der Waals surface area (Å²) in [6.45, 7) is 3.77. The van der Waals surface area contributed by atoms with Crippen molar-refractivity contribution in [2.75, 3.05) is 0 Å². The first-order chi connectivity index (χ1) is 5.18. The second-order valence-corrected chi connectivity index (χ2v) is 2.69. The molecule has 0 aromatic carbocycles. The second-order valence-electron chi connectivity index (χ2n) is 2.69. The Kier molecular flexibility index (Phi) is 18.8. The summed E-state index contributed by atoms with van der Waals surface area (Å²) in [5.41, 5.74) is 0.459. The zero-order valence-electron chi connectivity index (χ0n) is 8.08. The SMILES string of the molecule is CCCCCC=C(C)C(=O)O.I.I. The Morgan fingerprint density at radius 2 is 1.85 bits per heavy atom. The molecule has 0 saturated carbocycles. The Bertz CT molecular complexity index is 156. The number of carbonyl (C=O) groups is 1. The van der Waals surface area contributed by atoms with Gasteiger partial charge in [0.15, 0.2) is 0 Å². The first-order valence-electron chi connectivity index (χ1n) is 4.08. The third-order valence-corrected chi connectivity index (χ3v) is 1.60. The lowest BCUT2D eigenvalue weighted by Gasteiger charge is -1.93. The average Bonchev–Trinajstić information content (AvgIpc) is 1.97. The normalized spacial score (nSPS) is 9.85. The lowest BCUT2D eigenvalue weighted by molar-refractivity contribution is -0.132. The molecular formula is C9H18I2O2. The van der Waals surface area contributed by atoms with E-state index in [1.54, 1.807) is 13.0 Å². The van der Waals surface area contributed by atoms with Gasteiger partial charge in [-0.1, -0.05) is 25.8 Å². The van der Waals surface area contributed by atoms with Gasteiger partial charge in [-0.05, 0) is 19.8 Å². The fourth-order valence-corrected chi connectivity index (χ4v) is 0.800. The second kappa shape index (κ2) is 12.7. The maximum absolute atomic E-state index is 10.3. The number of unbranched alkanes of at least 4 members (excludes halogenated alkanes) is 3. The molecule has 0 atom stereocenters. The van der Waals surface area contributed by atoms with Gasteiger partial charge in [0.2, 0.25) is 0 Å². The van der Waals surface area contributed by atoms with Crippen LogP contribution in [0.15, 0.2) is 11.6 Å². The lowest BCUT2D eigenvalue weighted by Crippen LogP contribution is -1.95. The Morgan fingerprint density at radius 3 is 2.23 bits per heavy atom. The Hall–Kier alpha value is 0.670. The molecule has 0 heterocycles. The van der Waals surface area contributed by atoms with E-state index in [2.05, 4.69) is 6.92 Å². The largest absolute Gasteiger partial charge is 0.478 e. The first-order valence-corrected chi connectivity index (χ1v) is 4.08. The highest BCUT2D eigenvalue weighted by Gasteiger charge is 1.96. The minimum Gasteiger partial charge on any atom is -0.478 e. The molecular weight excluding hydrogens is 394 g/mol. The topological polar surface area (TPSA) is 37.3 Å². The highest BCUT2D eigenvalue weighted by Crippen LogP contribution is 2.02. The molecule has 0 saturated heterocycles.